The summed E-state index contributed by atoms with van der Waals surface area (Å²) in [6.07, 6.45) is 0.514. The molecule has 0 heterocycles. The molecule has 0 radical (unpaired) electrons. The van der Waals surface area contributed by atoms with Crippen LogP contribution in [0.5, 0.6) is 5.75 Å². The highest BCUT2D eigenvalue weighted by atomic mass is 16.5. The number of aliphatic hydroxyl groups is 1. The van der Waals surface area contributed by atoms with E-state index in [2.05, 4.69) is 0 Å². The molecule has 0 aliphatic heterocycles. The molecule has 6 heteroatoms. The Balaban J connectivity index is 3.07. The maximum absolute atomic E-state index is 10.6. The summed E-state index contributed by atoms with van der Waals surface area (Å²) >= 11 is 0. The van der Waals surface area contributed by atoms with Crippen LogP contribution in [0, 0.1) is 0 Å². The average Bonchev–Trinajstić information content (AvgIpc) is 2.25. The van der Waals surface area contributed by atoms with E-state index in [0.29, 0.717) is 6.29 Å². The fourth-order valence-corrected chi connectivity index (χ4v) is 1.22. The second-order valence-electron chi connectivity index (χ2n) is 2.82. The number of carbonyl (C=O) groups is 1. The lowest BCUT2D eigenvalue weighted by molar-refractivity contribution is 0.112. The zero-order valence-corrected chi connectivity index (χ0v) is 7.96. The molecule has 1 aromatic rings. The smallest absolute Gasteiger partial charge is 0.492 e. The topological polar surface area (TPSA) is 87.0 Å². The third kappa shape index (κ3) is 2.79. The SMILES string of the molecule is O=Cc1cccc(OCCO)c1B(O)O. The Labute approximate surface area is 87.1 Å². The lowest BCUT2D eigenvalue weighted by Crippen LogP contribution is -2.34. The summed E-state index contributed by atoms with van der Waals surface area (Å²) in [6.45, 7) is -0.158. The van der Waals surface area contributed by atoms with E-state index in [0.717, 1.165) is 0 Å². The lowest BCUT2D eigenvalue weighted by Gasteiger charge is -2.11. The molecular weight excluding hydrogens is 199 g/mol. The molecule has 0 spiro atoms. The highest BCUT2D eigenvalue weighted by Crippen LogP contribution is 2.10. The maximum atomic E-state index is 10.6. The van der Waals surface area contributed by atoms with Crippen LogP contribution in [0.3, 0.4) is 0 Å². The van der Waals surface area contributed by atoms with Crippen LogP contribution >= 0.6 is 0 Å². The van der Waals surface area contributed by atoms with Crippen molar-refractivity contribution in [2.75, 3.05) is 13.2 Å². The van der Waals surface area contributed by atoms with Crippen molar-refractivity contribution in [1.29, 1.82) is 0 Å². The maximum Gasteiger partial charge on any atom is 0.492 e. The molecule has 80 valence electrons. The molecule has 0 saturated heterocycles. The Morgan fingerprint density at radius 2 is 2.13 bits per heavy atom. The quantitative estimate of drug-likeness (QED) is 0.408. The van der Waals surface area contributed by atoms with Crippen molar-refractivity contribution in [2.24, 2.45) is 0 Å². The van der Waals surface area contributed by atoms with Crippen molar-refractivity contribution in [2.45, 2.75) is 0 Å². The van der Waals surface area contributed by atoms with Gasteiger partial charge in [-0.15, -0.1) is 0 Å². The van der Waals surface area contributed by atoms with E-state index in [1.807, 2.05) is 0 Å². The van der Waals surface area contributed by atoms with Crippen molar-refractivity contribution in [1.82, 2.24) is 0 Å². The van der Waals surface area contributed by atoms with Gasteiger partial charge in [0.25, 0.3) is 0 Å². The molecule has 0 amide bonds. The van der Waals surface area contributed by atoms with Gasteiger partial charge in [-0.25, -0.2) is 0 Å². The summed E-state index contributed by atoms with van der Waals surface area (Å²) in [4.78, 5) is 10.6. The van der Waals surface area contributed by atoms with E-state index < -0.39 is 7.12 Å². The van der Waals surface area contributed by atoms with Crippen LogP contribution in [0.2, 0.25) is 0 Å². The highest BCUT2D eigenvalue weighted by Gasteiger charge is 2.21. The van der Waals surface area contributed by atoms with Gasteiger partial charge in [0.05, 0.1) is 6.61 Å². The first-order chi connectivity index (χ1) is 7.20. The van der Waals surface area contributed by atoms with Gasteiger partial charge in [-0.1, -0.05) is 12.1 Å². The number of carbonyl (C=O) groups excluding carboxylic acids is 1. The largest absolute Gasteiger partial charge is 0.492 e. The van der Waals surface area contributed by atoms with E-state index in [1.54, 1.807) is 6.07 Å². The number of ether oxygens (including phenoxy) is 1. The minimum Gasteiger partial charge on any atom is -0.492 e. The average molecular weight is 210 g/mol. The van der Waals surface area contributed by atoms with E-state index in [1.165, 1.54) is 12.1 Å². The van der Waals surface area contributed by atoms with Crippen LogP contribution in [0.25, 0.3) is 0 Å². The summed E-state index contributed by atoms with van der Waals surface area (Å²) in [6, 6.07) is 4.51. The summed E-state index contributed by atoms with van der Waals surface area (Å²) in [7, 11) is -1.78. The highest BCUT2D eigenvalue weighted by molar-refractivity contribution is 6.61. The van der Waals surface area contributed by atoms with Crippen LogP contribution in [0.15, 0.2) is 18.2 Å². The van der Waals surface area contributed by atoms with Crippen molar-refractivity contribution in [3.05, 3.63) is 23.8 Å². The van der Waals surface area contributed by atoms with Crippen LogP contribution in [0.4, 0.5) is 0 Å². The monoisotopic (exact) mass is 210 g/mol. The van der Waals surface area contributed by atoms with Crippen molar-refractivity contribution < 1.29 is 24.7 Å². The number of hydrogen-bond acceptors (Lipinski definition) is 5. The Kier molecular flexibility index (Phi) is 4.29. The van der Waals surface area contributed by atoms with Gasteiger partial charge in [0.1, 0.15) is 18.6 Å². The van der Waals surface area contributed by atoms with Crippen molar-refractivity contribution >= 4 is 18.9 Å². The van der Waals surface area contributed by atoms with Gasteiger partial charge in [-0.05, 0) is 6.07 Å². The molecule has 0 bridgehead atoms. The van der Waals surface area contributed by atoms with Gasteiger partial charge in [-0.3, -0.25) is 4.79 Å². The summed E-state index contributed by atoms with van der Waals surface area (Å²) < 4.78 is 5.06. The molecule has 1 aromatic carbocycles. The molecule has 3 N–H and O–H groups in total. The Hall–Kier alpha value is -1.37. The van der Waals surface area contributed by atoms with Gasteiger partial charge in [0, 0.05) is 11.0 Å². The number of rotatable bonds is 5. The third-order valence-electron chi connectivity index (χ3n) is 1.83. The normalized spacial score (nSPS) is 9.80. The van der Waals surface area contributed by atoms with Gasteiger partial charge in [0.2, 0.25) is 0 Å². The Morgan fingerprint density at radius 1 is 1.40 bits per heavy atom. The zero-order chi connectivity index (χ0) is 11.3. The second-order valence-corrected chi connectivity index (χ2v) is 2.82. The molecule has 0 aliphatic carbocycles. The number of aldehydes is 1. The molecule has 15 heavy (non-hydrogen) atoms. The van der Waals surface area contributed by atoms with Gasteiger partial charge in [-0.2, -0.15) is 0 Å². The van der Waals surface area contributed by atoms with E-state index in [4.69, 9.17) is 19.9 Å². The van der Waals surface area contributed by atoms with Crippen molar-refractivity contribution in [3.63, 3.8) is 0 Å². The minimum atomic E-state index is -1.78. The molecule has 0 aromatic heterocycles. The lowest BCUT2D eigenvalue weighted by atomic mass is 9.76. The predicted octanol–water partition coefficient (Wildman–Crippen LogP) is -1.45. The van der Waals surface area contributed by atoms with Crippen LogP contribution in [0.1, 0.15) is 10.4 Å². The number of benzene rings is 1. The summed E-state index contributed by atoms with van der Waals surface area (Å²) in [5.74, 6) is 0.184. The summed E-state index contributed by atoms with van der Waals surface area (Å²) in [5.41, 5.74) is 0.168. The summed E-state index contributed by atoms with van der Waals surface area (Å²) in [5, 5.41) is 26.7. The first-order valence-corrected chi connectivity index (χ1v) is 4.38. The van der Waals surface area contributed by atoms with Crippen LogP contribution in [-0.4, -0.2) is 41.8 Å². The fourth-order valence-electron chi connectivity index (χ4n) is 1.22. The van der Waals surface area contributed by atoms with Crippen LogP contribution < -0.4 is 10.2 Å². The molecule has 0 saturated carbocycles. The molecule has 0 fully saturated rings. The molecule has 1 rings (SSSR count). The predicted molar refractivity (Wildman–Crippen MR) is 54.2 cm³/mol. The van der Waals surface area contributed by atoms with Crippen molar-refractivity contribution in [3.8, 4) is 5.75 Å². The van der Waals surface area contributed by atoms with E-state index in [9.17, 15) is 4.79 Å². The third-order valence-corrected chi connectivity index (χ3v) is 1.83. The first-order valence-electron chi connectivity index (χ1n) is 4.38. The number of hydrogen-bond donors (Lipinski definition) is 3. The standard InChI is InChI=1S/C9H11BO5/c11-4-5-15-8-3-1-2-7(6-12)9(8)10(13)14/h1-3,6,11,13-14H,4-5H2. The minimum absolute atomic E-state index is 0.0148. The zero-order valence-electron chi connectivity index (χ0n) is 7.96. The van der Waals surface area contributed by atoms with E-state index in [-0.39, 0.29) is 30.0 Å². The van der Waals surface area contributed by atoms with Gasteiger partial charge >= 0.3 is 7.12 Å². The van der Waals surface area contributed by atoms with Gasteiger partial charge < -0.3 is 19.9 Å². The van der Waals surface area contributed by atoms with Gasteiger partial charge in [0.15, 0.2) is 0 Å². The Morgan fingerprint density at radius 3 is 2.67 bits per heavy atom. The molecule has 0 aliphatic rings. The Bertz CT molecular complexity index is 339. The van der Waals surface area contributed by atoms with Crippen LogP contribution in [-0.2, 0) is 0 Å². The molecule has 0 atom stereocenters. The molecule has 5 nitrogen and oxygen atoms in total. The van der Waals surface area contributed by atoms with E-state index >= 15 is 0 Å². The molecule has 0 unspecified atom stereocenters. The fraction of sp³-hybridized carbons (Fsp3) is 0.222. The molecular formula is C9H11BO5. The second kappa shape index (κ2) is 5.50. The number of aliphatic hydroxyl groups excluding tert-OH is 1. The first kappa shape index (κ1) is 11.7.